The molecule has 1 aromatic rings. The van der Waals surface area contributed by atoms with Gasteiger partial charge in [-0.2, -0.15) is 0 Å². The van der Waals surface area contributed by atoms with Crippen molar-refractivity contribution in [1.82, 2.24) is 5.32 Å². The number of ketones is 1. The Balaban J connectivity index is 2.19. The second-order valence-electron chi connectivity index (χ2n) is 4.24. The van der Waals surface area contributed by atoms with Gasteiger partial charge in [0, 0.05) is 5.41 Å². The summed E-state index contributed by atoms with van der Waals surface area (Å²) in [6, 6.07) is 3.63. The van der Waals surface area contributed by atoms with Crippen molar-refractivity contribution in [3.63, 3.8) is 0 Å². The van der Waals surface area contributed by atoms with Crippen LogP contribution in [0.15, 0.2) is 12.1 Å². The third-order valence-corrected chi connectivity index (χ3v) is 4.28. The van der Waals surface area contributed by atoms with Crippen LogP contribution in [0.3, 0.4) is 0 Å². The number of nitrogens with one attached hydrogen (secondary N) is 1. The van der Waals surface area contributed by atoms with E-state index >= 15 is 0 Å². The minimum Gasteiger partial charge on any atom is -0.317 e. The molecule has 2 nitrogen and oxygen atoms in total. The smallest absolute Gasteiger partial charge is 0.178 e. The summed E-state index contributed by atoms with van der Waals surface area (Å²) in [5, 5.41) is 3.28. The normalized spacial score (nSPS) is 20.1. The van der Waals surface area contributed by atoms with Crippen LogP contribution in [0.2, 0.25) is 4.34 Å². The molecule has 0 saturated carbocycles. The summed E-state index contributed by atoms with van der Waals surface area (Å²) >= 11 is 7.23. The lowest BCUT2D eigenvalue weighted by atomic mass is 9.77. The van der Waals surface area contributed by atoms with Crippen molar-refractivity contribution < 1.29 is 4.79 Å². The highest BCUT2D eigenvalue weighted by Crippen LogP contribution is 2.35. The Labute approximate surface area is 98.6 Å². The first kappa shape index (κ1) is 11.1. The van der Waals surface area contributed by atoms with Crippen LogP contribution < -0.4 is 5.32 Å². The first-order chi connectivity index (χ1) is 7.12. The number of Topliss-reactive ketones (excluding diaryl/α,β-unsaturated/α-hetero) is 1. The highest BCUT2D eigenvalue weighted by molar-refractivity contribution is 7.18. The fourth-order valence-corrected chi connectivity index (χ4v) is 3.07. The van der Waals surface area contributed by atoms with Crippen molar-refractivity contribution >= 4 is 28.7 Å². The van der Waals surface area contributed by atoms with Gasteiger partial charge in [0.25, 0.3) is 0 Å². The van der Waals surface area contributed by atoms with Crippen molar-refractivity contribution in [2.45, 2.75) is 19.8 Å². The average Bonchev–Trinajstić information content (AvgIpc) is 2.65. The molecular formula is C11H14ClNOS. The Bertz CT molecular complexity index is 368. The maximum Gasteiger partial charge on any atom is 0.178 e. The monoisotopic (exact) mass is 243 g/mol. The molecule has 0 bridgehead atoms. The Hall–Kier alpha value is -0.380. The van der Waals surface area contributed by atoms with Crippen LogP contribution in [-0.4, -0.2) is 18.9 Å². The average molecular weight is 244 g/mol. The lowest BCUT2D eigenvalue weighted by Gasteiger charge is -2.32. The Morgan fingerprint density at radius 3 is 2.67 bits per heavy atom. The molecule has 0 spiro atoms. The molecule has 0 amide bonds. The summed E-state index contributed by atoms with van der Waals surface area (Å²) < 4.78 is 0.691. The molecule has 1 aromatic heterocycles. The lowest BCUT2D eigenvalue weighted by molar-refractivity contribution is 0.0767. The third kappa shape index (κ3) is 2.25. The molecule has 0 atom stereocenters. The van der Waals surface area contributed by atoms with Gasteiger partial charge in [0.05, 0.1) is 9.21 Å². The lowest BCUT2D eigenvalue weighted by Crippen LogP contribution is -2.39. The summed E-state index contributed by atoms with van der Waals surface area (Å²) in [7, 11) is 0. The van der Waals surface area contributed by atoms with Gasteiger partial charge < -0.3 is 5.32 Å². The van der Waals surface area contributed by atoms with Crippen LogP contribution in [0.1, 0.15) is 29.4 Å². The van der Waals surface area contributed by atoms with Gasteiger partial charge in [-0.3, -0.25) is 4.79 Å². The molecule has 15 heavy (non-hydrogen) atoms. The molecule has 0 aliphatic carbocycles. The number of hydrogen-bond acceptors (Lipinski definition) is 3. The fraction of sp³-hybridized carbons (Fsp3) is 0.545. The van der Waals surface area contributed by atoms with Gasteiger partial charge in [-0.05, 0) is 38.1 Å². The van der Waals surface area contributed by atoms with Gasteiger partial charge >= 0.3 is 0 Å². The van der Waals surface area contributed by atoms with Crippen LogP contribution in [0.25, 0.3) is 0 Å². The first-order valence-electron chi connectivity index (χ1n) is 5.13. The highest BCUT2D eigenvalue weighted by Gasteiger charge is 2.35. The highest BCUT2D eigenvalue weighted by atomic mass is 35.5. The van der Waals surface area contributed by atoms with Crippen LogP contribution in [0, 0.1) is 5.41 Å². The van der Waals surface area contributed by atoms with Crippen molar-refractivity contribution in [2.75, 3.05) is 13.1 Å². The molecule has 2 rings (SSSR count). The molecule has 0 unspecified atom stereocenters. The van der Waals surface area contributed by atoms with E-state index in [0.29, 0.717) is 4.34 Å². The number of carbonyl (C=O) groups is 1. The predicted molar refractivity (Wildman–Crippen MR) is 63.9 cm³/mol. The van der Waals surface area contributed by atoms with Gasteiger partial charge in [0.15, 0.2) is 5.78 Å². The molecule has 0 aromatic carbocycles. The maximum absolute atomic E-state index is 12.3. The summed E-state index contributed by atoms with van der Waals surface area (Å²) in [4.78, 5) is 13.1. The van der Waals surface area contributed by atoms with Gasteiger partial charge in [-0.15, -0.1) is 11.3 Å². The molecule has 4 heteroatoms. The van der Waals surface area contributed by atoms with Crippen LogP contribution in [-0.2, 0) is 0 Å². The number of carbonyl (C=O) groups excluding carboxylic acids is 1. The standard InChI is InChI=1S/C11H14ClNOS/c1-11(4-6-13-7-5-11)10(14)8-2-3-9(12)15-8/h2-3,13H,4-7H2,1H3. The molecule has 1 saturated heterocycles. The van der Waals surface area contributed by atoms with Gasteiger partial charge in [0.2, 0.25) is 0 Å². The minimum absolute atomic E-state index is 0.195. The fourth-order valence-electron chi connectivity index (χ4n) is 1.94. The SMILES string of the molecule is CC1(C(=O)c2ccc(Cl)s2)CCNCC1. The van der Waals surface area contributed by atoms with E-state index < -0.39 is 0 Å². The largest absolute Gasteiger partial charge is 0.317 e. The van der Waals surface area contributed by atoms with E-state index in [1.54, 1.807) is 6.07 Å². The minimum atomic E-state index is -0.195. The second-order valence-corrected chi connectivity index (χ2v) is 5.96. The quantitative estimate of drug-likeness (QED) is 0.810. The number of thiophene rings is 1. The molecule has 82 valence electrons. The predicted octanol–water partition coefficient (Wildman–Crippen LogP) is 2.97. The van der Waals surface area contributed by atoms with Crippen molar-refractivity contribution in [3.05, 3.63) is 21.3 Å². The van der Waals surface area contributed by atoms with Crippen molar-refractivity contribution in [2.24, 2.45) is 5.41 Å². The summed E-state index contributed by atoms with van der Waals surface area (Å²) in [5.41, 5.74) is -0.195. The Morgan fingerprint density at radius 2 is 2.13 bits per heavy atom. The van der Waals surface area contributed by atoms with Gasteiger partial charge in [-0.1, -0.05) is 18.5 Å². The molecule has 1 fully saturated rings. The van der Waals surface area contributed by atoms with E-state index in [1.807, 2.05) is 6.07 Å². The van der Waals surface area contributed by atoms with Crippen LogP contribution >= 0.6 is 22.9 Å². The summed E-state index contributed by atoms with van der Waals surface area (Å²) in [6.07, 6.45) is 1.84. The van der Waals surface area contributed by atoms with Crippen LogP contribution in [0.4, 0.5) is 0 Å². The van der Waals surface area contributed by atoms with E-state index in [9.17, 15) is 4.79 Å². The zero-order valence-electron chi connectivity index (χ0n) is 8.68. The van der Waals surface area contributed by atoms with Gasteiger partial charge in [-0.25, -0.2) is 0 Å². The Kier molecular flexibility index (Phi) is 3.14. The van der Waals surface area contributed by atoms with E-state index in [1.165, 1.54) is 11.3 Å². The van der Waals surface area contributed by atoms with E-state index in [0.717, 1.165) is 30.8 Å². The Morgan fingerprint density at radius 1 is 1.47 bits per heavy atom. The van der Waals surface area contributed by atoms with Crippen molar-refractivity contribution in [3.8, 4) is 0 Å². The number of piperidine rings is 1. The topological polar surface area (TPSA) is 29.1 Å². The number of halogens is 1. The van der Waals surface area contributed by atoms with E-state index in [4.69, 9.17) is 11.6 Å². The zero-order valence-corrected chi connectivity index (χ0v) is 10.3. The van der Waals surface area contributed by atoms with Crippen LogP contribution in [0.5, 0.6) is 0 Å². The molecule has 1 aliphatic heterocycles. The second kappa shape index (κ2) is 4.24. The van der Waals surface area contributed by atoms with Gasteiger partial charge in [0.1, 0.15) is 0 Å². The summed E-state index contributed by atoms with van der Waals surface area (Å²) in [5.74, 6) is 0.251. The molecule has 2 heterocycles. The molecular weight excluding hydrogens is 230 g/mol. The first-order valence-corrected chi connectivity index (χ1v) is 6.32. The maximum atomic E-state index is 12.3. The third-order valence-electron chi connectivity index (χ3n) is 3.05. The van der Waals surface area contributed by atoms with E-state index in [-0.39, 0.29) is 11.2 Å². The molecule has 1 N–H and O–H groups in total. The number of rotatable bonds is 2. The molecule has 0 radical (unpaired) electrons. The zero-order chi connectivity index (χ0) is 10.9. The number of hydrogen-bond donors (Lipinski definition) is 1. The van der Waals surface area contributed by atoms with Crippen molar-refractivity contribution in [1.29, 1.82) is 0 Å². The summed E-state index contributed by atoms with van der Waals surface area (Å²) in [6.45, 7) is 3.92. The molecule has 1 aliphatic rings. The van der Waals surface area contributed by atoms with E-state index in [2.05, 4.69) is 12.2 Å².